The van der Waals surface area contributed by atoms with Crippen molar-refractivity contribution in [3.8, 4) is 98.5 Å². The first kappa shape index (κ1) is 43.9. The second-order valence-electron chi connectivity index (χ2n) is 21.5. The molecule has 9 aromatic carbocycles. The zero-order valence-corrected chi connectivity index (χ0v) is 44.9. The smallest absolute Gasteiger partial charge is 0.0860 e. The Labute approximate surface area is 468 Å². The van der Waals surface area contributed by atoms with E-state index in [1.54, 1.807) is 34.6 Å². The fourth-order valence-corrected chi connectivity index (χ4v) is 16.2. The van der Waals surface area contributed by atoms with Crippen LogP contribution in [-0.4, -0.2) is 13.1 Å². The molecule has 0 atom stereocenters. The Morgan fingerprint density at radius 2 is 0.544 bits per heavy atom. The highest BCUT2D eigenvalue weighted by atomic mass is 32.1. The van der Waals surface area contributed by atoms with Crippen molar-refractivity contribution < 1.29 is 0 Å². The highest BCUT2D eigenvalue weighted by molar-refractivity contribution is 7.10. The summed E-state index contributed by atoms with van der Waals surface area (Å²) in [4.78, 5) is 6.05. The zero-order valence-electron chi connectivity index (χ0n) is 42.4. The van der Waals surface area contributed by atoms with Crippen molar-refractivity contribution in [1.82, 2.24) is 13.1 Å². The lowest BCUT2D eigenvalue weighted by Gasteiger charge is -2.31. The predicted octanol–water partition coefficient (Wildman–Crippen LogP) is 20.0. The van der Waals surface area contributed by atoms with Gasteiger partial charge in [0, 0.05) is 33.4 Å². The van der Waals surface area contributed by atoms with Gasteiger partial charge in [-0.1, -0.05) is 164 Å². The van der Waals surface area contributed by atoms with E-state index in [1.165, 1.54) is 130 Å². The van der Waals surface area contributed by atoms with Gasteiger partial charge < -0.3 is 4.90 Å². The van der Waals surface area contributed by atoms with Crippen molar-refractivity contribution in [2.24, 2.45) is 0 Å². The highest BCUT2D eigenvalue weighted by Crippen LogP contribution is 2.53. The molecule has 0 saturated carbocycles. The van der Waals surface area contributed by atoms with Crippen LogP contribution in [0.4, 0.5) is 17.1 Å². The molecule has 7 heteroatoms. The molecule has 0 radical (unpaired) electrons. The van der Waals surface area contributed by atoms with E-state index in [4.69, 9.17) is 13.1 Å². The largest absolute Gasteiger partial charge is 0.308 e. The molecule has 0 saturated heterocycles. The number of anilines is 3. The van der Waals surface area contributed by atoms with Crippen molar-refractivity contribution >= 4 is 84.0 Å². The fourth-order valence-electron chi connectivity index (χ4n) is 13.8. The van der Waals surface area contributed by atoms with Crippen LogP contribution in [0.15, 0.2) is 218 Å². The van der Waals surface area contributed by atoms with E-state index in [0.29, 0.717) is 0 Å². The molecule has 0 unspecified atom stereocenters. The molecule has 368 valence electrons. The lowest BCUT2D eigenvalue weighted by Crippen LogP contribution is -2.14. The van der Waals surface area contributed by atoms with Crippen LogP contribution in [0.2, 0.25) is 0 Å². The molecule has 0 fully saturated rings. The molecule has 79 heavy (non-hydrogen) atoms. The topological polar surface area (TPSA) is 41.9 Å². The number of rotatable bonds is 6. The van der Waals surface area contributed by atoms with Crippen LogP contribution in [0.5, 0.6) is 0 Å². The van der Waals surface area contributed by atoms with Gasteiger partial charge in [-0.3, -0.25) is 0 Å². The van der Waals surface area contributed by atoms with Crippen molar-refractivity contribution in [2.75, 3.05) is 4.90 Å². The average Bonchev–Trinajstić information content (AvgIpc) is 4.58. The summed E-state index contributed by atoms with van der Waals surface area (Å²) in [5, 5.41) is 7.81. The molecule has 4 nitrogen and oxygen atoms in total. The van der Waals surface area contributed by atoms with E-state index in [0.717, 1.165) is 70.1 Å². The zero-order chi connectivity index (χ0) is 51.4. The lowest BCUT2D eigenvalue weighted by atomic mass is 9.98. The van der Waals surface area contributed by atoms with Gasteiger partial charge in [0.25, 0.3) is 0 Å². The summed E-state index contributed by atoms with van der Waals surface area (Å²) in [6.45, 7) is 0. The number of fused-ring (bicyclic) bond motifs is 21. The van der Waals surface area contributed by atoms with E-state index in [-0.39, 0.29) is 0 Å². The SMILES string of the molecule is c1ccc2c(c1)Cc1c-2ccc2c3cc(-c4ccccc4N(c4ccccc4-c4cc5c6ccc7c(c6cc-5sn4)Cc4ccccc4-7)c4ccccc4-c4cc5c6ccc7c(c6cc-5sn4)Cc4ccccc4-7)nsc-3cc12. The second-order valence-corrected chi connectivity index (χ2v) is 23.9. The average molecular weight is 1060 g/mol. The highest BCUT2D eigenvalue weighted by Gasteiger charge is 2.30. The third-order valence-corrected chi connectivity index (χ3v) is 19.9. The Balaban J connectivity index is 0.826. The Morgan fingerprint density at radius 1 is 0.253 bits per heavy atom. The minimum Gasteiger partial charge on any atom is -0.308 e. The van der Waals surface area contributed by atoms with Crippen LogP contribution in [0, 0.1) is 0 Å². The molecule has 0 amide bonds. The van der Waals surface area contributed by atoms with Gasteiger partial charge in [-0.25, -0.2) is 0 Å². The Hall–Kier alpha value is -9.11. The van der Waals surface area contributed by atoms with Gasteiger partial charge in [-0.2, -0.15) is 13.1 Å². The number of para-hydroxylation sites is 3. The quantitative estimate of drug-likeness (QED) is 0.166. The predicted molar refractivity (Wildman–Crippen MR) is 332 cm³/mol. The Bertz CT molecular complexity index is 4480. The van der Waals surface area contributed by atoms with Crippen LogP contribution >= 0.6 is 34.6 Å². The van der Waals surface area contributed by atoms with Crippen LogP contribution in [-0.2, 0) is 19.3 Å². The molecule has 3 heterocycles. The molecule has 0 bridgehead atoms. The number of nitrogens with zero attached hydrogens (tertiary/aromatic N) is 4. The van der Waals surface area contributed by atoms with E-state index in [1.807, 2.05) is 0 Å². The fraction of sp³-hybridized carbons (Fsp3) is 0.0417. The van der Waals surface area contributed by atoms with Gasteiger partial charge in [0.2, 0.25) is 0 Å². The maximum absolute atomic E-state index is 5.38. The first-order valence-electron chi connectivity index (χ1n) is 27.0. The lowest BCUT2D eigenvalue weighted by molar-refractivity contribution is 1.27. The number of hydrogen-bond acceptors (Lipinski definition) is 7. The monoisotopic (exact) mass is 1060 g/mol. The van der Waals surface area contributed by atoms with E-state index < -0.39 is 0 Å². The maximum Gasteiger partial charge on any atom is 0.0860 e. The van der Waals surface area contributed by atoms with Crippen molar-refractivity contribution in [3.05, 3.63) is 252 Å². The minimum atomic E-state index is 0.934. The van der Waals surface area contributed by atoms with Gasteiger partial charge in [-0.15, -0.1) is 0 Å². The summed E-state index contributed by atoms with van der Waals surface area (Å²) in [5.41, 5.74) is 29.2. The van der Waals surface area contributed by atoms with Gasteiger partial charge in [0.15, 0.2) is 0 Å². The summed E-state index contributed by atoms with van der Waals surface area (Å²) in [7, 11) is 0. The number of hydrogen-bond donors (Lipinski definition) is 0. The van der Waals surface area contributed by atoms with Gasteiger partial charge >= 0.3 is 0 Å². The Morgan fingerprint density at radius 3 is 0.873 bits per heavy atom. The molecule has 0 aromatic heterocycles. The number of benzene rings is 9. The first-order valence-corrected chi connectivity index (χ1v) is 29.4. The number of aromatic nitrogens is 3. The molecule has 18 rings (SSSR count). The van der Waals surface area contributed by atoms with Gasteiger partial charge in [0.05, 0.1) is 48.8 Å². The van der Waals surface area contributed by atoms with Crippen molar-refractivity contribution in [3.63, 3.8) is 0 Å². The molecule has 0 spiro atoms. The molecule has 9 aliphatic rings. The summed E-state index contributed by atoms with van der Waals surface area (Å²) < 4.78 is 16.1. The summed E-state index contributed by atoms with van der Waals surface area (Å²) in [5.74, 6) is 0. The van der Waals surface area contributed by atoms with E-state index >= 15 is 0 Å². The van der Waals surface area contributed by atoms with E-state index in [2.05, 4.69) is 223 Å². The standard InChI is InChI=1S/C72H42N4S3/c1-4-16-43-40(13-1)31-55-46(43)25-28-49-58(55)37-70-61(49)34-64(73-77-70)52-19-7-10-22-67(52)76(68-23-11-8-20-53(68)65-35-62-50-29-26-47-44-17-5-2-14-41(44)32-56(47)59(50)38-71(62)78-74-65)69-24-12-9-21-54(69)66-36-63-51-30-27-48-45-18-6-3-15-42(45)33-57(48)60(51)39-72(63)79-75-66/h1-30,34-39H,31-33H2. The Kier molecular flexibility index (Phi) is 9.29. The minimum absolute atomic E-state index is 0.934. The van der Waals surface area contributed by atoms with Crippen LogP contribution in [0.25, 0.3) is 131 Å². The van der Waals surface area contributed by atoms with Gasteiger partial charge in [-0.05, 0) is 208 Å². The van der Waals surface area contributed by atoms with Crippen molar-refractivity contribution in [2.45, 2.75) is 19.3 Å². The second kappa shape index (κ2) is 16.7. The molecule has 9 aromatic rings. The first-order chi connectivity index (χ1) is 39.1. The maximum atomic E-state index is 5.38. The molecular weight excluding hydrogens is 1020 g/mol. The van der Waals surface area contributed by atoms with Crippen LogP contribution in [0.3, 0.4) is 0 Å². The summed E-state index contributed by atoms with van der Waals surface area (Å²) in [6.07, 6.45) is 2.84. The molecule has 6 aliphatic carbocycles. The molecular formula is C72H42N4S3. The third-order valence-electron chi connectivity index (χ3n) is 17.4. The van der Waals surface area contributed by atoms with E-state index in [9.17, 15) is 0 Å². The normalized spacial score (nSPS) is 12.9. The van der Waals surface area contributed by atoms with Crippen molar-refractivity contribution in [1.29, 1.82) is 0 Å². The van der Waals surface area contributed by atoms with Gasteiger partial charge in [0.1, 0.15) is 0 Å². The summed E-state index contributed by atoms with van der Waals surface area (Å²) in [6, 6.07) is 81.2. The summed E-state index contributed by atoms with van der Waals surface area (Å²) >= 11 is 4.78. The third kappa shape index (κ3) is 6.43. The van der Waals surface area contributed by atoms with Crippen LogP contribution in [0.1, 0.15) is 33.4 Å². The molecule has 3 aliphatic heterocycles. The van der Waals surface area contributed by atoms with Crippen LogP contribution < -0.4 is 4.90 Å². The molecule has 0 N–H and O–H groups in total.